The Morgan fingerprint density at radius 3 is 2.35 bits per heavy atom. The molecule has 1 fully saturated rings. The molecule has 0 aliphatic heterocycles. The van der Waals surface area contributed by atoms with Crippen LogP contribution in [-0.2, 0) is 4.79 Å². The van der Waals surface area contributed by atoms with E-state index >= 15 is 0 Å². The van der Waals surface area contributed by atoms with Crippen LogP contribution in [-0.4, -0.2) is 11.8 Å². The fourth-order valence-corrected chi connectivity index (χ4v) is 3.57. The van der Waals surface area contributed by atoms with Gasteiger partial charge in [-0.15, -0.1) is 11.3 Å². The molecule has 1 aromatic carbocycles. The SMILES string of the molecule is CC(C)(C)C(NC(=O)c1ccc(NC(=O)C2CC2)s1)c1ccc(F)cc1. The maximum Gasteiger partial charge on any atom is 0.261 e. The second-order valence-corrected chi connectivity index (χ2v) is 8.84. The number of carbonyl (C=O) groups excluding carboxylic acids is 2. The van der Waals surface area contributed by atoms with Crippen molar-refractivity contribution in [2.75, 3.05) is 5.32 Å². The predicted molar refractivity (Wildman–Crippen MR) is 102 cm³/mol. The number of benzene rings is 1. The Morgan fingerprint density at radius 1 is 1.12 bits per heavy atom. The fourth-order valence-electron chi connectivity index (χ4n) is 2.75. The summed E-state index contributed by atoms with van der Waals surface area (Å²) in [5.41, 5.74) is 0.611. The van der Waals surface area contributed by atoms with Crippen molar-refractivity contribution < 1.29 is 14.0 Å². The summed E-state index contributed by atoms with van der Waals surface area (Å²) in [6, 6.07) is 9.40. The minimum atomic E-state index is -0.304. The third-order valence-electron chi connectivity index (χ3n) is 4.37. The summed E-state index contributed by atoms with van der Waals surface area (Å²) in [4.78, 5) is 25.1. The van der Waals surface area contributed by atoms with E-state index in [-0.39, 0.29) is 35.0 Å². The molecule has 4 nitrogen and oxygen atoms in total. The van der Waals surface area contributed by atoms with Gasteiger partial charge in [0.15, 0.2) is 0 Å². The smallest absolute Gasteiger partial charge is 0.261 e. The van der Waals surface area contributed by atoms with E-state index in [1.165, 1.54) is 23.5 Å². The number of amides is 2. The highest BCUT2D eigenvalue weighted by Gasteiger charge is 2.31. The van der Waals surface area contributed by atoms with Crippen molar-refractivity contribution in [3.8, 4) is 0 Å². The fraction of sp³-hybridized carbons (Fsp3) is 0.400. The molecule has 26 heavy (non-hydrogen) atoms. The number of halogens is 1. The van der Waals surface area contributed by atoms with Gasteiger partial charge >= 0.3 is 0 Å². The van der Waals surface area contributed by atoms with Crippen LogP contribution in [0.2, 0.25) is 0 Å². The minimum Gasteiger partial charge on any atom is -0.344 e. The Balaban J connectivity index is 1.72. The van der Waals surface area contributed by atoms with E-state index in [0.29, 0.717) is 9.88 Å². The number of nitrogens with one attached hydrogen (secondary N) is 2. The molecule has 1 aliphatic rings. The van der Waals surface area contributed by atoms with Crippen LogP contribution >= 0.6 is 11.3 Å². The Bertz CT molecular complexity index is 804. The summed E-state index contributed by atoms with van der Waals surface area (Å²) in [5, 5.41) is 6.59. The molecule has 1 saturated carbocycles. The van der Waals surface area contributed by atoms with Gasteiger partial charge in [-0.3, -0.25) is 9.59 Å². The predicted octanol–water partition coefficient (Wildman–Crippen LogP) is 4.75. The molecule has 1 aliphatic carbocycles. The summed E-state index contributed by atoms with van der Waals surface area (Å²) in [6.45, 7) is 6.07. The first-order valence-corrected chi connectivity index (χ1v) is 9.53. The Morgan fingerprint density at radius 2 is 1.77 bits per heavy atom. The highest BCUT2D eigenvalue weighted by atomic mass is 32.1. The number of thiophene rings is 1. The first kappa shape index (κ1) is 18.6. The zero-order valence-electron chi connectivity index (χ0n) is 15.1. The van der Waals surface area contributed by atoms with Crippen LogP contribution in [0.5, 0.6) is 0 Å². The molecule has 1 aromatic heterocycles. The Labute approximate surface area is 156 Å². The Hall–Kier alpha value is -2.21. The summed E-state index contributed by atoms with van der Waals surface area (Å²) in [7, 11) is 0. The topological polar surface area (TPSA) is 58.2 Å². The van der Waals surface area contributed by atoms with Crippen molar-refractivity contribution in [1.82, 2.24) is 5.32 Å². The molecule has 0 saturated heterocycles. The van der Waals surface area contributed by atoms with E-state index in [4.69, 9.17) is 0 Å². The van der Waals surface area contributed by atoms with Gasteiger partial charge in [-0.1, -0.05) is 32.9 Å². The van der Waals surface area contributed by atoms with Gasteiger partial charge in [0.1, 0.15) is 5.82 Å². The maximum atomic E-state index is 13.2. The summed E-state index contributed by atoms with van der Waals surface area (Å²) >= 11 is 1.26. The number of carbonyl (C=O) groups is 2. The molecule has 6 heteroatoms. The monoisotopic (exact) mass is 374 g/mol. The zero-order valence-corrected chi connectivity index (χ0v) is 16.0. The number of anilines is 1. The first-order chi connectivity index (χ1) is 12.2. The third-order valence-corrected chi connectivity index (χ3v) is 5.37. The van der Waals surface area contributed by atoms with E-state index in [0.717, 1.165) is 18.4 Å². The maximum absolute atomic E-state index is 13.2. The van der Waals surface area contributed by atoms with Gasteiger partial charge in [0, 0.05) is 5.92 Å². The van der Waals surface area contributed by atoms with Gasteiger partial charge in [0.25, 0.3) is 5.91 Å². The molecule has 3 rings (SSSR count). The van der Waals surface area contributed by atoms with Crippen LogP contribution in [0.4, 0.5) is 9.39 Å². The quantitative estimate of drug-likeness (QED) is 0.793. The molecule has 0 radical (unpaired) electrons. The second kappa shape index (κ2) is 7.19. The largest absolute Gasteiger partial charge is 0.344 e. The average Bonchev–Trinajstić information content (AvgIpc) is 3.32. The van der Waals surface area contributed by atoms with Gasteiger partial charge in [-0.25, -0.2) is 4.39 Å². The molecule has 1 unspecified atom stereocenters. The number of rotatable bonds is 5. The molecule has 0 spiro atoms. The average molecular weight is 374 g/mol. The van der Waals surface area contributed by atoms with Gasteiger partial charge in [-0.2, -0.15) is 0 Å². The zero-order chi connectivity index (χ0) is 18.9. The van der Waals surface area contributed by atoms with Crippen LogP contribution in [0.25, 0.3) is 0 Å². The molecular weight excluding hydrogens is 351 g/mol. The van der Waals surface area contributed by atoms with Crippen LogP contribution in [0, 0.1) is 17.2 Å². The van der Waals surface area contributed by atoms with E-state index in [9.17, 15) is 14.0 Å². The minimum absolute atomic E-state index is 0.0256. The highest BCUT2D eigenvalue weighted by molar-refractivity contribution is 7.18. The normalized spacial score (nSPS) is 15.4. The van der Waals surface area contributed by atoms with E-state index in [1.54, 1.807) is 24.3 Å². The van der Waals surface area contributed by atoms with Crippen molar-refractivity contribution in [3.05, 3.63) is 52.7 Å². The van der Waals surface area contributed by atoms with Gasteiger partial charge < -0.3 is 10.6 Å². The molecule has 2 amide bonds. The third kappa shape index (κ3) is 4.49. The lowest BCUT2D eigenvalue weighted by molar-refractivity contribution is -0.117. The van der Waals surface area contributed by atoms with Crippen molar-refractivity contribution in [2.45, 2.75) is 39.7 Å². The van der Waals surface area contributed by atoms with E-state index in [2.05, 4.69) is 10.6 Å². The molecular formula is C20H23FN2O2S. The van der Waals surface area contributed by atoms with Crippen molar-refractivity contribution in [2.24, 2.45) is 11.3 Å². The highest BCUT2D eigenvalue weighted by Crippen LogP contribution is 2.34. The summed E-state index contributed by atoms with van der Waals surface area (Å²) in [5.74, 6) is -0.357. The second-order valence-electron chi connectivity index (χ2n) is 7.75. The Kier molecular flexibility index (Phi) is 5.14. The van der Waals surface area contributed by atoms with Crippen molar-refractivity contribution in [3.63, 3.8) is 0 Å². The summed E-state index contributed by atoms with van der Waals surface area (Å²) < 4.78 is 13.2. The van der Waals surface area contributed by atoms with Crippen molar-refractivity contribution in [1.29, 1.82) is 0 Å². The molecule has 1 atom stereocenters. The lowest BCUT2D eigenvalue weighted by Gasteiger charge is -2.31. The lowest BCUT2D eigenvalue weighted by Crippen LogP contribution is -2.36. The van der Waals surface area contributed by atoms with Gasteiger partial charge in [-0.05, 0) is 48.1 Å². The first-order valence-electron chi connectivity index (χ1n) is 8.71. The number of hydrogen-bond donors (Lipinski definition) is 2. The summed E-state index contributed by atoms with van der Waals surface area (Å²) in [6.07, 6.45) is 1.88. The molecule has 138 valence electrons. The van der Waals surface area contributed by atoms with Crippen LogP contribution in [0.15, 0.2) is 36.4 Å². The van der Waals surface area contributed by atoms with E-state index < -0.39 is 0 Å². The van der Waals surface area contributed by atoms with Crippen LogP contribution < -0.4 is 10.6 Å². The van der Waals surface area contributed by atoms with E-state index in [1.807, 2.05) is 20.8 Å². The van der Waals surface area contributed by atoms with Crippen LogP contribution in [0.1, 0.15) is 54.9 Å². The molecule has 2 N–H and O–H groups in total. The molecule has 0 bridgehead atoms. The van der Waals surface area contributed by atoms with Crippen LogP contribution in [0.3, 0.4) is 0 Å². The van der Waals surface area contributed by atoms with Gasteiger partial charge in [0.2, 0.25) is 5.91 Å². The molecule has 1 heterocycles. The van der Waals surface area contributed by atoms with Crippen molar-refractivity contribution >= 4 is 28.2 Å². The number of hydrogen-bond acceptors (Lipinski definition) is 3. The lowest BCUT2D eigenvalue weighted by atomic mass is 9.82. The molecule has 2 aromatic rings. The standard InChI is InChI=1S/C20H23FN2O2S/c1-20(2,3)17(12-6-8-14(21)9-7-12)23-19(25)15-10-11-16(26-15)22-18(24)13-4-5-13/h6-11,13,17H,4-5H2,1-3H3,(H,22,24)(H,23,25). The van der Waals surface area contributed by atoms with Gasteiger partial charge in [0.05, 0.1) is 15.9 Å².